The zero-order valence-corrected chi connectivity index (χ0v) is 36.4. The summed E-state index contributed by atoms with van der Waals surface area (Å²) in [5, 5.41) is 7.39. The summed E-state index contributed by atoms with van der Waals surface area (Å²) in [5.41, 5.74) is 3.05. The van der Waals surface area contributed by atoms with Gasteiger partial charge < -0.3 is 39.5 Å². The van der Waals surface area contributed by atoms with Gasteiger partial charge in [0.2, 0.25) is 5.91 Å². The molecule has 0 unspecified atom stereocenters. The number of amides is 3. The van der Waals surface area contributed by atoms with E-state index >= 15 is 0 Å². The Kier molecular flexibility index (Phi) is 15.9. The highest BCUT2D eigenvalue weighted by Gasteiger charge is 2.37. The summed E-state index contributed by atoms with van der Waals surface area (Å²) in [7, 11) is 0. The Bertz CT molecular complexity index is 1870. The summed E-state index contributed by atoms with van der Waals surface area (Å²) in [6.07, 6.45) is 3.03. The Morgan fingerprint density at radius 1 is 0.850 bits per heavy atom. The van der Waals surface area contributed by atoms with E-state index in [-0.39, 0.29) is 36.4 Å². The maximum atomic E-state index is 14.8. The third kappa shape index (κ3) is 13.0. The van der Waals surface area contributed by atoms with Crippen LogP contribution in [0.3, 0.4) is 0 Å². The van der Waals surface area contributed by atoms with E-state index in [1.54, 1.807) is 17.0 Å². The van der Waals surface area contributed by atoms with Crippen molar-refractivity contribution in [3.8, 4) is 5.75 Å². The number of likely N-dealkylation sites (tertiary alicyclic amines) is 2. The zero-order valence-electron chi connectivity index (χ0n) is 35.6. The SMILES string of the molecule is CCOc1cccc(F)c1CN1CCN(C(=O)[C@H](NC(=O)OCc2ccccc2)C2CCN(CCc3cc(Cl)ccc3NC3CCN(C(=O)OC(C)(C)C)CC3)CC2)CC1. The Hall–Kier alpha value is -4.59. The Balaban J connectivity index is 1.03. The largest absolute Gasteiger partial charge is 0.493 e. The lowest BCUT2D eigenvalue weighted by Gasteiger charge is -2.40. The maximum absolute atomic E-state index is 14.8. The van der Waals surface area contributed by atoms with Gasteiger partial charge in [-0.2, -0.15) is 0 Å². The van der Waals surface area contributed by atoms with Crippen LogP contribution < -0.4 is 15.4 Å². The smallest absolute Gasteiger partial charge is 0.410 e. The highest BCUT2D eigenvalue weighted by atomic mass is 35.5. The van der Waals surface area contributed by atoms with E-state index in [9.17, 15) is 18.8 Å². The zero-order chi connectivity index (χ0) is 42.6. The lowest BCUT2D eigenvalue weighted by Crippen LogP contribution is -2.58. The number of nitrogens with one attached hydrogen (secondary N) is 2. The van der Waals surface area contributed by atoms with Crippen LogP contribution in [0.2, 0.25) is 5.02 Å². The number of hydrogen-bond acceptors (Lipinski definition) is 9. The maximum Gasteiger partial charge on any atom is 0.410 e. The molecule has 326 valence electrons. The Labute approximate surface area is 359 Å². The van der Waals surface area contributed by atoms with E-state index in [0.717, 1.165) is 68.6 Å². The highest BCUT2D eigenvalue weighted by molar-refractivity contribution is 6.30. The third-order valence-electron chi connectivity index (χ3n) is 11.6. The summed E-state index contributed by atoms with van der Waals surface area (Å²) in [5.74, 6) is 0.0532. The van der Waals surface area contributed by atoms with Crippen molar-refractivity contribution >= 4 is 35.4 Å². The number of alkyl carbamates (subject to hydrolysis) is 1. The molecule has 14 heteroatoms. The van der Waals surface area contributed by atoms with E-state index in [0.29, 0.717) is 68.8 Å². The van der Waals surface area contributed by atoms with Crippen LogP contribution in [0.25, 0.3) is 0 Å². The van der Waals surface area contributed by atoms with Gasteiger partial charge in [-0.05, 0) is 120 Å². The number of piperidine rings is 2. The molecule has 3 aromatic rings. The monoisotopic (exact) mass is 848 g/mol. The van der Waals surface area contributed by atoms with Gasteiger partial charge in [0, 0.05) is 74.7 Å². The molecule has 1 atom stereocenters. The molecule has 12 nitrogen and oxygen atoms in total. The molecule has 3 amide bonds. The van der Waals surface area contributed by atoms with Crippen molar-refractivity contribution in [1.29, 1.82) is 0 Å². The molecule has 0 bridgehead atoms. The second-order valence-electron chi connectivity index (χ2n) is 17.1. The minimum absolute atomic E-state index is 0.0711. The minimum atomic E-state index is -0.733. The predicted molar refractivity (Wildman–Crippen MR) is 232 cm³/mol. The quantitative estimate of drug-likeness (QED) is 0.170. The predicted octanol–water partition coefficient (Wildman–Crippen LogP) is 7.58. The number of ether oxygens (including phenoxy) is 3. The van der Waals surface area contributed by atoms with Crippen molar-refractivity contribution in [3.05, 3.63) is 94.3 Å². The molecule has 0 spiro atoms. The Morgan fingerprint density at radius 2 is 1.57 bits per heavy atom. The van der Waals surface area contributed by atoms with Crippen molar-refractivity contribution in [1.82, 2.24) is 24.9 Å². The molecule has 3 heterocycles. The molecule has 0 aliphatic carbocycles. The van der Waals surface area contributed by atoms with Gasteiger partial charge in [-0.25, -0.2) is 14.0 Å². The lowest BCUT2D eigenvalue weighted by atomic mass is 9.88. The van der Waals surface area contributed by atoms with Gasteiger partial charge in [0.15, 0.2) is 0 Å². The molecular formula is C46H62ClFN6O6. The fourth-order valence-corrected chi connectivity index (χ4v) is 8.45. The second kappa shape index (κ2) is 21.3. The van der Waals surface area contributed by atoms with Crippen LogP contribution in [-0.4, -0.2) is 121 Å². The van der Waals surface area contributed by atoms with Gasteiger partial charge in [-0.3, -0.25) is 9.69 Å². The summed E-state index contributed by atoms with van der Waals surface area (Å²) >= 11 is 6.50. The van der Waals surface area contributed by atoms with Crippen LogP contribution in [0.15, 0.2) is 66.7 Å². The number of nitrogens with zero attached hydrogens (tertiary/aromatic N) is 4. The number of hydrogen-bond donors (Lipinski definition) is 2. The number of rotatable bonds is 14. The van der Waals surface area contributed by atoms with Gasteiger partial charge in [0.05, 0.1) is 6.61 Å². The first-order valence-corrected chi connectivity index (χ1v) is 21.9. The molecular weight excluding hydrogens is 787 g/mol. The second-order valence-corrected chi connectivity index (χ2v) is 17.5. The molecule has 3 fully saturated rings. The molecule has 60 heavy (non-hydrogen) atoms. The number of carbonyl (C=O) groups excluding carboxylic acids is 3. The molecule has 3 aromatic carbocycles. The summed E-state index contributed by atoms with van der Waals surface area (Å²) < 4.78 is 31.7. The number of halogens is 2. The molecule has 3 aliphatic heterocycles. The van der Waals surface area contributed by atoms with E-state index < -0.39 is 17.7 Å². The average molecular weight is 849 g/mol. The first-order chi connectivity index (χ1) is 28.8. The van der Waals surface area contributed by atoms with Crippen LogP contribution in [0.4, 0.5) is 19.7 Å². The first-order valence-electron chi connectivity index (χ1n) is 21.5. The molecule has 0 radical (unpaired) electrons. The topological polar surface area (TPSA) is 116 Å². The van der Waals surface area contributed by atoms with E-state index in [1.807, 2.05) is 81.1 Å². The molecule has 2 N–H and O–H groups in total. The third-order valence-corrected chi connectivity index (χ3v) is 11.8. The lowest BCUT2D eigenvalue weighted by molar-refractivity contribution is -0.137. The van der Waals surface area contributed by atoms with E-state index in [1.165, 1.54) is 6.07 Å². The van der Waals surface area contributed by atoms with Crippen molar-refractivity contribution in [2.24, 2.45) is 5.92 Å². The number of carbonyl (C=O) groups is 3. The molecule has 3 saturated heterocycles. The van der Waals surface area contributed by atoms with Gasteiger partial charge in [-0.15, -0.1) is 0 Å². The fourth-order valence-electron chi connectivity index (χ4n) is 8.25. The van der Waals surface area contributed by atoms with Gasteiger partial charge >= 0.3 is 12.2 Å². The normalized spacial score (nSPS) is 17.8. The van der Waals surface area contributed by atoms with Crippen LogP contribution in [-0.2, 0) is 33.8 Å². The van der Waals surface area contributed by atoms with Crippen molar-refractivity contribution in [2.45, 2.75) is 90.6 Å². The van der Waals surface area contributed by atoms with Gasteiger partial charge in [-0.1, -0.05) is 48.0 Å². The summed E-state index contributed by atoms with van der Waals surface area (Å²) in [6.45, 7) is 14.2. The van der Waals surface area contributed by atoms with Crippen LogP contribution in [0, 0.1) is 11.7 Å². The van der Waals surface area contributed by atoms with Crippen LogP contribution in [0.5, 0.6) is 5.75 Å². The molecule has 0 aromatic heterocycles. The van der Waals surface area contributed by atoms with Crippen molar-refractivity contribution < 1.29 is 33.0 Å². The molecule has 0 saturated carbocycles. The van der Waals surface area contributed by atoms with Crippen molar-refractivity contribution in [3.63, 3.8) is 0 Å². The van der Waals surface area contributed by atoms with Crippen molar-refractivity contribution in [2.75, 3.05) is 70.8 Å². The summed E-state index contributed by atoms with van der Waals surface area (Å²) in [6, 6.07) is 19.8. The summed E-state index contributed by atoms with van der Waals surface area (Å²) in [4.78, 5) is 48.3. The molecule has 6 rings (SSSR count). The van der Waals surface area contributed by atoms with Crippen LogP contribution >= 0.6 is 11.6 Å². The average Bonchev–Trinajstić information content (AvgIpc) is 3.23. The first kappa shape index (κ1) is 44.9. The minimum Gasteiger partial charge on any atom is -0.493 e. The van der Waals surface area contributed by atoms with E-state index in [4.69, 9.17) is 25.8 Å². The van der Waals surface area contributed by atoms with E-state index in [2.05, 4.69) is 20.4 Å². The van der Waals surface area contributed by atoms with Gasteiger partial charge in [0.1, 0.15) is 29.8 Å². The fraction of sp³-hybridized carbons (Fsp3) is 0.543. The number of piperazine rings is 1. The molecule has 3 aliphatic rings. The van der Waals surface area contributed by atoms with Gasteiger partial charge in [0.25, 0.3) is 0 Å². The Morgan fingerprint density at radius 3 is 2.25 bits per heavy atom. The number of benzene rings is 3. The van der Waals surface area contributed by atoms with Crippen LogP contribution in [0.1, 0.15) is 70.1 Å². The number of anilines is 1. The standard InChI is InChI=1S/C46H62ClFN6O6/c1-5-58-41-13-9-12-39(48)38(41)31-52-26-28-53(29-27-52)43(55)42(50-44(56)59-32-33-10-7-6-8-11-33)34-16-21-51(22-17-34)23-18-35-30-36(47)14-15-40(35)49-37-19-24-54(25-20-37)45(57)60-46(2,3)4/h6-15,30,34,37,42,49H,5,16-29,31-32H2,1-4H3,(H,50,56)/t42-/m1/s1. The highest BCUT2D eigenvalue weighted by Crippen LogP contribution is 2.28.